The van der Waals surface area contributed by atoms with E-state index in [0.717, 1.165) is 12.1 Å². The molecule has 0 aliphatic carbocycles. The number of carbonyl (C=O) groups excluding carboxylic acids is 1. The van der Waals surface area contributed by atoms with Crippen molar-refractivity contribution < 1.29 is 22.4 Å². The lowest BCUT2D eigenvalue weighted by Gasteiger charge is -2.12. The van der Waals surface area contributed by atoms with Gasteiger partial charge in [-0.3, -0.25) is 4.79 Å². The van der Waals surface area contributed by atoms with E-state index < -0.39 is 11.7 Å². The molecule has 21 heavy (non-hydrogen) atoms. The van der Waals surface area contributed by atoms with E-state index in [1.165, 1.54) is 18.4 Å². The molecule has 0 unspecified atom stereocenters. The summed E-state index contributed by atoms with van der Waals surface area (Å²) in [5.41, 5.74) is -0.444. The minimum atomic E-state index is -4.41. The average Bonchev–Trinajstić information content (AvgIpc) is 2.91. The summed E-state index contributed by atoms with van der Waals surface area (Å²) in [6.45, 7) is 1.74. The van der Waals surface area contributed by atoms with Crippen LogP contribution in [0.25, 0.3) is 0 Å². The van der Waals surface area contributed by atoms with Crippen LogP contribution >= 0.6 is 0 Å². The maximum atomic E-state index is 12.6. The molecule has 1 atom stereocenters. The third-order valence-electron chi connectivity index (χ3n) is 2.97. The second-order valence-electron chi connectivity index (χ2n) is 4.68. The summed E-state index contributed by atoms with van der Waals surface area (Å²) in [5, 5.41) is 2.68. The molecule has 3 nitrogen and oxygen atoms in total. The normalized spacial score (nSPS) is 13.0. The van der Waals surface area contributed by atoms with Gasteiger partial charge in [0, 0.05) is 0 Å². The summed E-state index contributed by atoms with van der Waals surface area (Å²) in [5.74, 6) is 0.227. The van der Waals surface area contributed by atoms with Gasteiger partial charge < -0.3 is 9.73 Å². The first kappa shape index (κ1) is 15.2. The van der Waals surface area contributed by atoms with Gasteiger partial charge in [0.15, 0.2) is 0 Å². The molecule has 2 rings (SSSR count). The molecule has 1 aromatic carbocycles. The Kier molecular flexibility index (Phi) is 4.35. The average molecular weight is 297 g/mol. The highest BCUT2D eigenvalue weighted by atomic mass is 19.4. The molecular weight excluding hydrogens is 283 g/mol. The van der Waals surface area contributed by atoms with Gasteiger partial charge in [-0.15, -0.1) is 0 Å². The Hall–Kier alpha value is -2.24. The lowest BCUT2D eigenvalue weighted by Crippen LogP contribution is -2.27. The van der Waals surface area contributed by atoms with Gasteiger partial charge in [-0.1, -0.05) is 18.2 Å². The molecule has 0 spiro atoms. The van der Waals surface area contributed by atoms with E-state index >= 15 is 0 Å². The van der Waals surface area contributed by atoms with Crippen LogP contribution in [0.15, 0.2) is 47.1 Å². The fourth-order valence-electron chi connectivity index (χ4n) is 1.94. The van der Waals surface area contributed by atoms with Crippen LogP contribution in [0.3, 0.4) is 0 Å². The van der Waals surface area contributed by atoms with Crippen LogP contribution in [0.4, 0.5) is 13.2 Å². The van der Waals surface area contributed by atoms with Gasteiger partial charge in [-0.05, 0) is 30.7 Å². The van der Waals surface area contributed by atoms with Gasteiger partial charge in [0.2, 0.25) is 5.91 Å². The highest BCUT2D eigenvalue weighted by Crippen LogP contribution is 2.29. The van der Waals surface area contributed by atoms with Crippen LogP contribution in [-0.2, 0) is 17.4 Å². The summed E-state index contributed by atoms with van der Waals surface area (Å²) in [6, 6.07) is 7.83. The van der Waals surface area contributed by atoms with Crippen LogP contribution in [0.2, 0.25) is 0 Å². The Morgan fingerprint density at radius 2 is 2.05 bits per heavy atom. The Morgan fingerprint density at radius 3 is 2.67 bits per heavy atom. The highest BCUT2D eigenvalue weighted by Gasteiger charge is 2.30. The summed E-state index contributed by atoms with van der Waals surface area (Å²) in [6.07, 6.45) is -3.03. The van der Waals surface area contributed by atoms with Crippen LogP contribution in [-0.4, -0.2) is 5.91 Å². The second-order valence-corrected chi connectivity index (χ2v) is 4.68. The molecule has 1 aromatic heterocycles. The van der Waals surface area contributed by atoms with Crippen molar-refractivity contribution in [1.82, 2.24) is 5.32 Å². The number of halogens is 3. The SMILES string of the molecule is C[C@H](NC(=O)Cc1cccc(C(F)(F)F)c1)c1ccco1. The van der Waals surface area contributed by atoms with E-state index in [9.17, 15) is 18.0 Å². The van der Waals surface area contributed by atoms with Crippen molar-refractivity contribution in [2.45, 2.75) is 25.6 Å². The van der Waals surface area contributed by atoms with Gasteiger partial charge in [-0.2, -0.15) is 13.2 Å². The summed E-state index contributed by atoms with van der Waals surface area (Å²) in [4.78, 5) is 11.8. The summed E-state index contributed by atoms with van der Waals surface area (Å²) < 4.78 is 42.9. The molecule has 0 aliphatic heterocycles. The van der Waals surface area contributed by atoms with Gasteiger partial charge in [0.1, 0.15) is 5.76 Å². The molecule has 2 aromatic rings. The molecular formula is C15H14F3NO2. The largest absolute Gasteiger partial charge is 0.467 e. The Labute approximate surface area is 119 Å². The Balaban J connectivity index is 2.00. The molecule has 0 saturated carbocycles. The predicted octanol–water partition coefficient (Wildman–Crippen LogP) is 3.72. The summed E-state index contributed by atoms with van der Waals surface area (Å²) >= 11 is 0. The fourth-order valence-corrected chi connectivity index (χ4v) is 1.94. The smallest absolute Gasteiger partial charge is 0.416 e. The number of amides is 1. The van der Waals surface area contributed by atoms with E-state index in [4.69, 9.17) is 4.42 Å². The molecule has 0 radical (unpaired) electrons. The van der Waals surface area contributed by atoms with Crippen LogP contribution < -0.4 is 5.32 Å². The molecule has 0 aliphatic rings. The van der Waals surface area contributed by atoms with Gasteiger partial charge in [0.25, 0.3) is 0 Å². The predicted molar refractivity (Wildman–Crippen MR) is 70.4 cm³/mol. The zero-order valence-electron chi connectivity index (χ0n) is 11.3. The number of furan rings is 1. The minimum Gasteiger partial charge on any atom is -0.467 e. The Bertz CT molecular complexity index is 606. The van der Waals surface area contributed by atoms with Crippen molar-refractivity contribution in [2.24, 2.45) is 0 Å². The quantitative estimate of drug-likeness (QED) is 0.934. The van der Waals surface area contributed by atoms with Gasteiger partial charge >= 0.3 is 6.18 Å². The van der Waals surface area contributed by atoms with E-state index in [0.29, 0.717) is 11.3 Å². The highest BCUT2D eigenvalue weighted by molar-refractivity contribution is 5.79. The zero-order chi connectivity index (χ0) is 15.5. The van der Waals surface area contributed by atoms with Crippen molar-refractivity contribution in [1.29, 1.82) is 0 Å². The van der Waals surface area contributed by atoms with E-state index in [2.05, 4.69) is 5.32 Å². The monoisotopic (exact) mass is 297 g/mol. The number of rotatable bonds is 4. The van der Waals surface area contributed by atoms with Crippen molar-refractivity contribution in [3.63, 3.8) is 0 Å². The standard InChI is InChI=1S/C15H14F3NO2/c1-10(13-6-3-7-21-13)19-14(20)9-11-4-2-5-12(8-11)15(16,17)18/h2-8,10H,9H2,1H3,(H,19,20)/t10-/m0/s1. The number of nitrogens with one attached hydrogen (secondary N) is 1. The number of alkyl halides is 3. The van der Waals surface area contributed by atoms with E-state index in [1.54, 1.807) is 19.1 Å². The maximum absolute atomic E-state index is 12.6. The lowest BCUT2D eigenvalue weighted by atomic mass is 10.1. The molecule has 6 heteroatoms. The molecule has 1 amide bonds. The van der Waals surface area contributed by atoms with Crippen LogP contribution in [0, 0.1) is 0 Å². The molecule has 0 bridgehead atoms. The van der Waals surface area contributed by atoms with Crippen molar-refractivity contribution in [2.75, 3.05) is 0 Å². The maximum Gasteiger partial charge on any atom is 0.416 e. The lowest BCUT2D eigenvalue weighted by molar-refractivity contribution is -0.137. The van der Waals surface area contributed by atoms with Gasteiger partial charge in [0.05, 0.1) is 24.3 Å². The molecule has 112 valence electrons. The van der Waals surface area contributed by atoms with Gasteiger partial charge in [-0.25, -0.2) is 0 Å². The molecule has 1 N–H and O–H groups in total. The number of carbonyl (C=O) groups is 1. The number of benzene rings is 1. The molecule has 1 heterocycles. The number of hydrogen-bond donors (Lipinski definition) is 1. The van der Waals surface area contributed by atoms with Crippen LogP contribution in [0.5, 0.6) is 0 Å². The topological polar surface area (TPSA) is 42.2 Å². The van der Waals surface area contributed by atoms with Crippen molar-refractivity contribution in [3.05, 3.63) is 59.5 Å². The first-order chi connectivity index (χ1) is 9.86. The minimum absolute atomic E-state index is 0.116. The zero-order valence-corrected chi connectivity index (χ0v) is 11.3. The summed E-state index contributed by atoms with van der Waals surface area (Å²) in [7, 11) is 0. The van der Waals surface area contributed by atoms with Crippen LogP contribution in [0.1, 0.15) is 29.9 Å². The second kappa shape index (κ2) is 6.03. The first-order valence-corrected chi connectivity index (χ1v) is 6.35. The fraction of sp³-hybridized carbons (Fsp3) is 0.267. The molecule has 0 fully saturated rings. The van der Waals surface area contributed by atoms with Crippen molar-refractivity contribution >= 4 is 5.91 Å². The Morgan fingerprint density at radius 1 is 1.29 bits per heavy atom. The third-order valence-corrected chi connectivity index (χ3v) is 2.97. The van der Waals surface area contributed by atoms with E-state index in [-0.39, 0.29) is 18.4 Å². The number of hydrogen-bond acceptors (Lipinski definition) is 2. The molecule has 0 saturated heterocycles. The van der Waals surface area contributed by atoms with E-state index in [1.807, 2.05) is 0 Å². The van der Waals surface area contributed by atoms with Crippen molar-refractivity contribution in [3.8, 4) is 0 Å². The third kappa shape index (κ3) is 4.11. The first-order valence-electron chi connectivity index (χ1n) is 6.35.